The molecule has 2 N–H and O–H groups in total. The number of benzene rings is 2. The highest BCUT2D eigenvalue weighted by atomic mass is 31.2. The fourth-order valence-electron chi connectivity index (χ4n) is 3.24. The summed E-state index contributed by atoms with van der Waals surface area (Å²) in [6, 6.07) is 16.2. The standard InChI is InChI=1S/C21H24NO5P/c1-3-18-13-21(18,22-20(23)27-14-16-7-5-4-6-8-16)28(24,25)15-17-9-11-19(26-2)12-10-17/h3-12,18H,1,13-15H2,2H3,(H,22,23)(H,24,25). The van der Waals surface area contributed by atoms with Gasteiger partial charge < -0.3 is 19.7 Å². The summed E-state index contributed by atoms with van der Waals surface area (Å²) in [6.45, 7) is 3.81. The van der Waals surface area contributed by atoms with Crippen LogP contribution >= 0.6 is 7.37 Å². The highest BCUT2D eigenvalue weighted by molar-refractivity contribution is 7.59. The van der Waals surface area contributed by atoms with Crippen molar-refractivity contribution in [2.45, 2.75) is 24.5 Å². The van der Waals surface area contributed by atoms with Gasteiger partial charge >= 0.3 is 6.09 Å². The first-order valence-corrected chi connectivity index (χ1v) is 10.8. The fraction of sp³-hybridized carbons (Fsp3) is 0.286. The van der Waals surface area contributed by atoms with E-state index in [0.717, 1.165) is 5.56 Å². The van der Waals surface area contributed by atoms with Crippen LogP contribution in [0.2, 0.25) is 0 Å². The Morgan fingerprint density at radius 1 is 1.25 bits per heavy atom. The summed E-state index contributed by atoms with van der Waals surface area (Å²) < 4.78 is 23.6. The van der Waals surface area contributed by atoms with Gasteiger partial charge in [-0.3, -0.25) is 4.57 Å². The van der Waals surface area contributed by atoms with E-state index in [9.17, 15) is 14.3 Å². The SMILES string of the molecule is C=CC1CC1(NC(=O)OCc1ccccc1)P(=O)(O)Cc1ccc(OC)cc1. The summed E-state index contributed by atoms with van der Waals surface area (Å²) in [7, 11) is -2.22. The first kappa shape index (κ1) is 20.2. The Bertz CT molecular complexity index is 883. The zero-order valence-electron chi connectivity index (χ0n) is 15.7. The van der Waals surface area contributed by atoms with Gasteiger partial charge in [-0.05, 0) is 29.7 Å². The second kappa shape index (κ2) is 8.21. The van der Waals surface area contributed by atoms with Crippen molar-refractivity contribution in [2.24, 2.45) is 5.92 Å². The van der Waals surface area contributed by atoms with Crippen molar-refractivity contribution in [1.82, 2.24) is 5.32 Å². The van der Waals surface area contributed by atoms with Gasteiger partial charge in [0.15, 0.2) is 0 Å². The van der Waals surface area contributed by atoms with Gasteiger partial charge in [-0.2, -0.15) is 0 Å². The molecule has 2 aromatic carbocycles. The van der Waals surface area contributed by atoms with Gasteiger partial charge in [0, 0.05) is 5.92 Å². The third-order valence-corrected chi connectivity index (χ3v) is 7.65. The fourth-order valence-corrected chi connectivity index (χ4v) is 5.60. The maximum atomic E-state index is 13.2. The molecule has 1 amide bonds. The van der Waals surface area contributed by atoms with E-state index in [4.69, 9.17) is 9.47 Å². The third-order valence-electron chi connectivity index (χ3n) is 4.98. The molecule has 0 saturated heterocycles. The lowest BCUT2D eigenvalue weighted by molar-refractivity contribution is 0.136. The molecule has 6 nitrogen and oxygen atoms in total. The minimum absolute atomic E-state index is 0.0553. The third kappa shape index (κ3) is 4.29. The molecule has 148 valence electrons. The molecule has 0 bridgehead atoms. The molecule has 1 aliphatic rings. The van der Waals surface area contributed by atoms with Crippen LogP contribution < -0.4 is 10.1 Å². The lowest BCUT2D eigenvalue weighted by atomic mass is 10.2. The quantitative estimate of drug-likeness (QED) is 0.509. The van der Waals surface area contributed by atoms with Crippen LogP contribution in [0.15, 0.2) is 67.3 Å². The summed E-state index contributed by atoms with van der Waals surface area (Å²) in [6.07, 6.45) is 1.20. The molecule has 0 aliphatic heterocycles. The first-order chi connectivity index (χ1) is 13.4. The molecule has 3 rings (SSSR count). The summed E-state index contributed by atoms with van der Waals surface area (Å²) in [5.74, 6) is 0.398. The van der Waals surface area contributed by atoms with Gasteiger partial charge in [0.25, 0.3) is 0 Å². The summed E-state index contributed by atoms with van der Waals surface area (Å²) >= 11 is 0. The average Bonchev–Trinajstić information content (AvgIpc) is 3.42. The second-order valence-corrected chi connectivity index (χ2v) is 9.38. The molecule has 3 unspecified atom stereocenters. The van der Waals surface area contributed by atoms with Crippen molar-refractivity contribution in [3.05, 3.63) is 78.4 Å². The number of hydrogen-bond acceptors (Lipinski definition) is 4. The number of alkyl carbamates (subject to hydrolysis) is 1. The largest absolute Gasteiger partial charge is 0.497 e. The van der Waals surface area contributed by atoms with E-state index in [2.05, 4.69) is 11.9 Å². The number of ether oxygens (including phenoxy) is 2. The number of methoxy groups -OCH3 is 1. The zero-order valence-corrected chi connectivity index (χ0v) is 16.6. The number of nitrogens with one attached hydrogen (secondary N) is 1. The smallest absolute Gasteiger partial charge is 0.408 e. The summed E-state index contributed by atoms with van der Waals surface area (Å²) in [4.78, 5) is 23.1. The van der Waals surface area contributed by atoms with Crippen molar-refractivity contribution >= 4 is 13.5 Å². The molecule has 3 atom stereocenters. The van der Waals surface area contributed by atoms with Gasteiger partial charge in [0.2, 0.25) is 7.37 Å². The highest BCUT2D eigenvalue weighted by Crippen LogP contribution is 2.70. The number of carbonyl (C=O) groups excluding carboxylic acids is 1. The van der Waals surface area contributed by atoms with Crippen LogP contribution in [0.3, 0.4) is 0 Å². The molecular formula is C21H24NO5P. The Morgan fingerprint density at radius 2 is 1.93 bits per heavy atom. The topological polar surface area (TPSA) is 84.9 Å². The first-order valence-electron chi connectivity index (χ1n) is 8.96. The maximum absolute atomic E-state index is 13.2. The average molecular weight is 401 g/mol. The van der Waals surface area contributed by atoms with E-state index < -0.39 is 18.7 Å². The number of amides is 1. The van der Waals surface area contributed by atoms with Crippen molar-refractivity contribution < 1.29 is 23.7 Å². The van der Waals surface area contributed by atoms with E-state index >= 15 is 0 Å². The lowest BCUT2D eigenvalue weighted by Gasteiger charge is -2.25. The molecule has 2 aromatic rings. The van der Waals surface area contributed by atoms with E-state index in [-0.39, 0.29) is 18.7 Å². The molecule has 1 fully saturated rings. The molecule has 7 heteroatoms. The van der Waals surface area contributed by atoms with Gasteiger partial charge in [0.1, 0.15) is 17.6 Å². The minimum Gasteiger partial charge on any atom is -0.497 e. The maximum Gasteiger partial charge on any atom is 0.408 e. The predicted molar refractivity (Wildman–Crippen MR) is 107 cm³/mol. The van der Waals surface area contributed by atoms with Crippen LogP contribution in [0.5, 0.6) is 5.75 Å². The van der Waals surface area contributed by atoms with Gasteiger partial charge in [-0.25, -0.2) is 4.79 Å². The van der Waals surface area contributed by atoms with Crippen LogP contribution in [-0.4, -0.2) is 23.4 Å². The Morgan fingerprint density at radius 3 is 2.50 bits per heavy atom. The molecule has 1 aliphatic carbocycles. The predicted octanol–water partition coefficient (Wildman–Crippen LogP) is 4.29. The molecule has 0 heterocycles. The molecule has 28 heavy (non-hydrogen) atoms. The minimum atomic E-state index is -3.78. The normalized spacial score (nSPS) is 22.6. The van der Waals surface area contributed by atoms with E-state index in [1.807, 2.05) is 30.3 Å². The van der Waals surface area contributed by atoms with Gasteiger partial charge in [-0.1, -0.05) is 48.5 Å². The van der Waals surface area contributed by atoms with Gasteiger partial charge in [-0.15, -0.1) is 6.58 Å². The van der Waals surface area contributed by atoms with E-state index in [1.54, 1.807) is 37.5 Å². The molecule has 0 aromatic heterocycles. The van der Waals surface area contributed by atoms with E-state index in [0.29, 0.717) is 17.7 Å². The Labute approximate surface area is 164 Å². The van der Waals surface area contributed by atoms with Crippen molar-refractivity contribution in [2.75, 3.05) is 7.11 Å². The summed E-state index contributed by atoms with van der Waals surface area (Å²) in [5.41, 5.74) is 1.54. The monoisotopic (exact) mass is 401 g/mol. The van der Waals surface area contributed by atoms with Crippen molar-refractivity contribution in [1.29, 1.82) is 0 Å². The lowest BCUT2D eigenvalue weighted by Crippen LogP contribution is -2.39. The van der Waals surface area contributed by atoms with Crippen LogP contribution in [0, 0.1) is 5.92 Å². The van der Waals surface area contributed by atoms with Crippen molar-refractivity contribution in [3.8, 4) is 5.75 Å². The Hall–Kier alpha value is -2.56. The van der Waals surface area contributed by atoms with Crippen LogP contribution in [0.25, 0.3) is 0 Å². The second-order valence-electron chi connectivity index (χ2n) is 6.87. The van der Waals surface area contributed by atoms with Crippen LogP contribution in [0.1, 0.15) is 17.5 Å². The highest BCUT2D eigenvalue weighted by Gasteiger charge is 2.65. The molecular weight excluding hydrogens is 377 g/mol. The Kier molecular flexibility index (Phi) is 5.92. The zero-order chi connectivity index (χ0) is 20.2. The molecule has 0 radical (unpaired) electrons. The Balaban J connectivity index is 1.68. The number of carbonyl (C=O) groups is 1. The molecule has 0 spiro atoms. The number of hydrogen-bond donors (Lipinski definition) is 2. The number of rotatable bonds is 8. The van der Waals surface area contributed by atoms with E-state index in [1.165, 1.54) is 0 Å². The van der Waals surface area contributed by atoms with Crippen molar-refractivity contribution in [3.63, 3.8) is 0 Å². The van der Waals surface area contributed by atoms with Gasteiger partial charge in [0.05, 0.1) is 13.3 Å². The van der Waals surface area contributed by atoms with Crippen LogP contribution in [0.4, 0.5) is 4.79 Å². The van der Waals surface area contributed by atoms with Crippen LogP contribution in [-0.2, 0) is 22.1 Å². The molecule has 1 saturated carbocycles. The summed E-state index contributed by atoms with van der Waals surface area (Å²) in [5, 5.41) is 1.42.